The number of anilines is 1. The van der Waals surface area contributed by atoms with E-state index in [0.29, 0.717) is 60.6 Å². The van der Waals surface area contributed by atoms with Gasteiger partial charge in [-0.1, -0.05) is 6.07 Å². The van der Waals surface area contributed by atoms with Gasteiger partial charge in [0, 0.05) is 25.2 Å². The molecule has 2 saturated heterocycles. The zero-order chi connectivity index (χ0) is 22.3. The summed E-state index contributed by atoms with van der Waals surface area (Å²) in [7, 11) is -3.81. The molecule has 1 aromatic heterocycles. The Balaban J connectivity index is 1.70. The highest BCUT2D eigenvalue weighted by Crippen LogP contribution is 2.38. The molecular weight excluding hydrogens is 416 g/mol. The number of primary amides is 1. The van der Waals surface area contributed by atoms with E-state index in [0.717, 1.165) is 6.42 Å². The molecule has 0 bridgehead atoms. The van der Waals surface area contributed by atoms with Gasteiger partial charge in [0.05, 0.1) is 27.9 Å². The van der Waals surface area contributed by atoms with Crippen LogP contribution in [0, 0.1) is 13.8 Å². The number of aromatic nitrogens is 1. The maximum atomic E-state index is 13.7. The first-order valence-corrected chi connectivity index (χ1v) is 11.8. The summed E-state index contributed by atoms with van der Waals surface area (Å²) in [5, 5.41) is 0. The fraction of sp³-hybridized carbons (Fsp3) is 0.409. The van der Waals surface area contributed by atoms with Crippen LogP contribution in [-0.2, 0) is 14.8 Å². The average Bonchev–Trinajstić information content (AvgIpc) is 3.37. The molecule has 8 nitrogen and oxygen atoms in total. The molecule has 0 saturated carbocycles. The normalized spacial score (nSPS) is 19.9. The van der Waals surface area contributed by atoms with Crippen LogP contribution in [0.3, 0.4) is 0 Å². The minimum atomic E-state index is -3.81. The van der Waals surface area contributed by atoms with Crippen molar-refractivity contribution < 1.29 is 18.0 Å². The van der Waals surface area contributed by atoms with Crippen LogP contribution < -0.4 is 10.6 Å². The second-order valence-electron chi connectivity index (χ2n) is 8.11. The second-order valence-corrected chi connectivity index (χ2v) is 9.96. The Morgan fingerprint density at radius 3 is 2.55 bits per heavy atom. The van der Waals surface area contributed by atoms with Crippen molar-refractivity contribution in [3.8, 4) is 0 Å². The Hall–Kier alpha value is -2.78. The van der Waals surface area contributed by atoms with Gasteiger partial charge in [-0.3, -0.25) is 14.6 Å². The third-order valence-electron chi connectivity index (χ3n) is 6.06. The average molecular weight is 443 g/mol. The molecule has 2 amide bonds. The minimum absolute atomic E-state index is 0.0143. The number of hydrogen-bond donors (Lipinski definition) is 1. The number of nitrogens with two attached hydrogens (primary N) is 1. The van der Waals surface area contributed by atoms with Crippen molar-refractivity contribution in [3.05, 3.63) is 52.8 Å². The van der Waals surface area contributed by atoms with Crippen LogP contribution in [0.4, 0.5) is 5.69 Å². The summed E-state index contributed by atoms with van der Waals surface area (Å²) in [5.41, 5.74) is 8.04. The van der Waals surface area contributed by atoms with Crippen LogP contribution >= 0.6 is 0 Å². The third kappa shape index (κ3) is 3.83. The number of nitrogens with zero attached hydrogens (tertiary/aromatic N) is 3. The smallest absolute Gasteiger partial charge is 0.250 e. The molecule has 2 aliphatic rings. The van der Waals surface area contributed by atoms with Gasteiger partial charge in [-0.2, -0.15) is 4.31 Å². The SMILES string of the molecule is Cc1ccc(N2CCCC2=O)cc1S(=O)(=O)N1CCC[C@H]1c1ccc(C(N)=O)c(C)n1. The first-order valence-electron chi connectivity index (χ1n) is 10.4. The predicted molar refractivity (Wildman–Crippen MR) is 116 cm³/mol. The molecule has 2 N–H and O–H groups in total. The highest BCUT2D eigenvalue weighted by atomic mass is 32.2. The number of carbonyl (C=O) groups is 2. The van der Waals surface area contributed by atoms with Gasteiger partial charge in [0.1, 0.15) is 0 Å². The number of benzene rings is 1. The monoisotopic (exact) mass is 442 g/mol. The summed E-state index contributed by atoms with van der Waals surface area (Å²) in [6, 6.07) is 8.03. The second kappa shape index (κ2) is 8.05. The molecule has 2 fully saturated rings. The number of rotatable bonds is 5. The molecule has 9 heteroatoms. The highest BCUT2D eigenvalue weighted by Gasteiger charge is 2.38. The first kappa shape index (κ1) is 21.5. The number of aryl methyl sites for hydroxylation is 2. The van der Waals surface area contributed by atoms with Crippen molar-refractivity contribution >= 4 is 27.5 Å². The fourth-order valence-electron chi connectivity index (χ4n) is 4.43. The van der Waals surface area contributed by atoms with Crippen molar-refractivity contribution in [2.24, 2.45) is 5.73 Å². The maximum Gasteiger partial charge on any atom is 0.250 e. The summed E-state index contributed by atoms with van der Waals surface area (Å²) in [5.74, 6) is -0.545. The lowest BCUT2D eigenvalue weighted by Crippen LogP contribution is -2.32. The number of amides is 2. The molecule has 0 unspecified atom stereocenters. The fourth-order valence-corrected chi connectivity index (χ4v) is 6.35. The van der Waals surface area contributed by atoms with Gasteiger partial charge in [0.15, 0.2) is 0 Å². The molecular formula is C22H26N4O4S. The molecule has 2 aliphatic heterocycles. The van der Waals surface area contributed by atoms with Crippen LogP contribution in [0.2, 0.25) is 0 Å². The molecule has 0 radical (unpaired) electrons. The maximum absolute atomic E-state index is 13.7. The zero-order valence-corrected chi connectivity index (χ0v) is 18.5. The molecule has 2 aromatic rings. The number of carbonyl (C=O) groups excluding carboxylic acids is 2. The van der Waals surface area contributed by atoms with E-state index in [1.54, 1.807) is 49.1 Å². The van der Waals surface area contributed by atoms with Crippen molar-refractivity contribution in [2.45, 2.75) is 50.5 Å². The first-order chi connectivity index (χ1) is 14.7. The van der Waals surface area contributed by atoms with E-state index in [-0.39, 0.29) is 10.8 Å². The number of sulfonamides is 1. The zero-order valence-electron chi connectivity index (χ0n) is 17.7. The summed E-state index contributed by atoms with van der Waals surface area (Å²) in [4.78, 5) is 30.0. The van der Waals surface area contributed by atoms with Gasteiger partial charge in [-0.25, -0.2) is 8.42 Å². The molecule has 4 rings (SSSR count). The van der Waals surface area contributed by atoms with E-state index in [2.05, 4.69) is 4.98 Å². The van der Waals surface area contributed by atoms with Gasteiger partial charge >= 0.3 is 0 Å². The Kier molecular flexibility index (Phi) is 5.57. The quantitative estimate of drug-likeness (QED) is 0.764. The van der Waals surface area contributed by atoms with Crippen LogP contribution in [0.5, 0.6) is 0 Å². The summed E-state index contributed by atoms with van der Waals surface area (Å²) in [6.45, 7) is 4.44. The Morgan fingerprint density at radius 2 is 1.90 bits per heavy atom. The van der Waals surface area contributed by atoms with E-state index < -0.39 is 22.0 Å². The van der Waals surface area contributed by atoms with Crippen molar-refractivity contribution in [1.82, 2.24) is 9.29 Å². The molecule has 0 spiro atoms. The Labute approximate surface area is 182 Å². The Bertz CT molecular complexity index is 1160. The van der Waals surface area contributed by atoms with E-state index in [1.807, 2.05) is 0 Å². The third-order valence-corrected chi connectivity index (χ3v) is 8.11. The van der Waals surface area contributed by atoms with Crippen molar-refractivity contribution in [3.63, 3.8) is 0 Å². The van der Waals surface area contributed by atoms with Gasteiger partial charge in [0.2, 0.25) is 15.9 Å². The topological polar surface area (TPSA) is 114 Å². The summed E-state index contributed by atoms with van der Waals surface area (Å²) < 4.78 is 28.8. The minimum Gasteiger partial charge on any atom is -0.366 e. The molecule has 3 heterocycles. The van der Waals surface area contributed by atoms with Crippen LogP contribution in [0.25, 0.3) is 0 Å². The van der Waals surface area contributed by atoms with Gasteiger partial charge in [0.25, 0.3) is 5.91 Å². The van der Waals surface area contributed by atoms with Crippen molar-refractivity contribution in [2.75, 3.05) is 18.0 Å². The van der Waals surface area contributed by atoms with Gasteiger partial charge in [-0.15, -0.1) is 0 Å². The van der Waals surface area contributed by atoms with E-state index in [4.69, 9.17) is 5.73 Å². The predicted octanol–water partition coefficient (Wildman–Crippen LogP) is 2.45. The Morgan fingerprint density at radius 1 is 1.13 bits per heavy atom. The summed E-state index contributed by atoms with van der Waals surface area (Å²) in [6.07, 6.45) is 2.61. The van der Waals surface area contributed by atoms with E-state index in [9.17, 15) is 18.0 Å². The molecule has 0 aliphatic carbocycles. The van der Waals surface area contributed by atoms with Crippen LogP contribution in [-0.4, -0.2) is 42.6 Å². The van der Waals surface area contributed by atoms with E-state index >= 15 is 0 Å². The van der Waals surface area contributed by atoms with E-state index in [1.165, 1.54) is 4.31 Å². The number of pyridine rings is 1. The summed E-state index contributed by atoms with van der Waals surface area (Å²) >= 11 is 0. The molecule has 1 atom stereocenters. The molecule has 1 aromatic carbocycles. The largest absolute Gasteiger partial charge is 0.366 e. The number of hydrogen-bond acceptors (Lipinski definition) is 5. The molecule has 31 heavy (non-hydrogen) atoms. The lowest BCUT2D eigenvalue weighted by Gasteiger charge is -2.26. The van der Waals surface area contributed by atoms with Crippen molar-refractivity contribution in [1.29, 1.82) is 0 Å². The van der Waals surface area contributed by atoms with Crippen LogP contribution in [0.15, 0.2) is 35.2 Å². The van der Waals surface area contributed by atoms with Gasteiger partial charge in [-0.05, 0) is 62.9 Å². The lowest BCUT2D eigenvalue weighted by molar-refractivity contribution is -0.117. The van der Waals surface area contributed by atoms with Gasteiger partial charge < -0.3 is 10.6 Å². The lowest BCUT2D eigenvalue weighted by atomic mass is 10.1. The highest BCUT2D eigenvalue weighted by molar-refractivity contribution is 7.89. The standard InChI is InChI=1S/C22H26N4O4S/c1-14-7-8-16(25-11-4-6-21(25)27)13-20(14)31(29,30)26-12-3-5-19(26)18-10-9-17(22(23)28)15(2)24-18/h7-10,13,19H,3-6,11-12H2,1-2H3,(H2,23,28)/t19-/m0/s1. The molecule has 164 valence electrons. The van der Waals surface area contributed by atoms with Crippen LogP contribution in [0.1, 0.15) is 59.0 Å².